The second kappa shape index (κ2) is 9.39. The third-order valence-corrected chi connectivity index (χ3v) is 2.78. The fourth-order valence-corrected chi connectivity index (χ4v) is 1.78. The zero-order valence-electron chi connectivity index (χ0n) is 10.6. The quantitative estimate of drug-likeness (QED) is 0.501. The molecule has 0 amide bonds. The molecule has 5 nitrogen and oxygen atoms in total. The summed E-state index contributed by atoms with van der Waals surface area (Å²) in [6.45, 7) is 4.00. The van der Waals surface area contributed by atoms with E-state index in [1.54, 1.807) is 7.11 Å². The molecule has 0 aromatic carbocycles. The van der Waals surface area contributed by atoms with Crippen molar-refractivity contribution in [2.45, 2.75) is 19.3 Å². The summed E-state index contributed by atoms with van der Waals surface area (Å²) in [5.41, 5.74) is 0. The lowest BCUT2D eigenvalue weighted by molar-refractivity contribution is -0.151. The minimum Gasteiger partial charge on any atom is -0.463 e. The molecule has 0 unspecified atom stereocenters. The maximum atomic E-state index is 11.6. The highest BCUT2D eigenvalue weighted by atomic mass is 16.6. The molecule has 17 heavy (non-hydrogen) atoms. The van der Waals surface area contributed by atoms with Crippen LogP contribution >= 0.6 is 0 Å². The molecule has 0 bridgehead atoms. The lowest BCUT2D eigenvalue weighted by Gasteiger charge is -2.20. The SMILES string of the molecule is COCCCOCCOC(=O)C1CCNCC1. The average molecular weight is 245 g/mol. The molecule has 0 aliphatic carbocycles. The number of rotatable bonds is 8. The van der Waals surface area contributed by atoms with Crippen molar-refractivity contribution >= 4 is 5.97 Å². The van der Waals surface area contributed by atoms with Crippen LogP contribution in [0.3, 0.4) is 0 Å². The molecule has 0 aromatic heterocycles. The number of methoxy groups -OCH3 is 1. The largest absolute Gasteiger partial charge is 0.463 e. The van der Waals surface area contributed by atoms with E-state index in [4.69, 9.17) is 14.2 Å². The van der Waals surface area contributed by atoms with Crippen molar-refractivity contribution in [3.05, 3.63) is 0 Å². The summed E-state index contributed by atoms with van der Waals surface area (Å²) in [6.07, 6.45) is 2.64. The van der Waals surface area contributed by atoms with E-state index in [1.165, 1.54) is 0 Å². The van der Waals surface area contributed by atoms with Crippen molar-refractivity contribution in [2.75, 3.05) is 46.6 Å². The Hall–Kier alpha value is -0.650. The summed E-state index contributed by atoms with van der Waals surface area (Å²) >= 11 is 0. The summed E-state index contributed by atoms with van der Waals surface area (Å²) in [5, 5.41) is 3.22. The number of carbonyl (C=O) groups is 1. The number of hydrogen-bond acceptors (Lipinski definition) is 5. The van der Waals surface area contributed by atoms with Gasteiger partial charge in [-0.2, -0.15) is 0 Å². The number of hydrogen-bond donors (Lipinski definition) is 1. The Morgan fingerprint density at radius 3 is 2.65 bits per heavy atom. The van der Waals surface area contributed by atoms with E-state index in [0.717, 1.165) is 32.4 Å². The van der Waals surface area contributed by atoms with Gasteiger partial charge >= 0.3 is 5.97 Å². The van der Waals surface area contributed by atoms with Gasteiger partial charge in [-0.3, -0.25) is 4.79 Å². The lowest BCUT2D eigenvalue weighted by atomic mass is 9.99. The second-order valence-corrected chi connectivity index (χ2v) is 4.15. The van der Waals surface area contributed by atoms with E-state index in [-0.39, 0.29) is 11.9 Å². The van der Waals surface area contributed by atoms with Gasteiger partial charge in [0, 0.05) is 20.3 Å². The molecule has 1 rings (SSSR count). The molecular formula is C12H23NO4. The normalized spacial score (nSPS) is 17.0. The van der Waals surface area contributed by atoms with Gasteiger partial charge in [0.25, 0.3) is 0 Å². The van der Waals surface area contributed by atoms with Gasteiger partial charge in [0.05, 0.1) is 12.5 Å². The van der Waals surface area contributed by atoms with Crippen LogP contribution < -0.4 is 5.32 Å². The highest BCUT2D eigenvalue weighted by Gasteiger charge is 2.21. The first kappa shape index (κ1) is 14.4. The van der Waals surface area contributed by atoms with Gasteiger partial charge in [-0.1, -0.05) is 0 Å². The third kappa shape index (κ3) is 6.61. The molecule has 100 valence electrons. The van der Waals surface area contributed by atoms with Crippen LogP contribution in [0.25, 0.3) is 0 Å². The van der Waals surface area contributed by atoms with Crippen LogP contribution in [0.1, 0.15) is 19.3 Å². The van der Waals surface area contributed by atoms with Crippen molar-refractivity contribution in [3.8, 4) is 0 Å². The van der Waals surface area contributed by atoms with E-state index in [9.17, 15) is 4.79 Å². The van der Waals surface area contributed by atoms with Crippen molar-refractivity contribution < 1.29 is 19.0 Å². The van der Waals surface area contributed by atoms with Crippen LogP contribution in [-0.2, 0) is 19.0 Å². The van der Waals surface area contributed by atoms with E-state index >= 15 is 0 Å². The van der Waals surface area contributed by atoms with Crippen molar-refractivity contribution in [1.82, 2.24) is 5.32 Å². The molecule has 1 aliphatic heterocycles. The monoisotopic (exact) mass is 245 g/mol. The Morgan fingerprint density at radius 1 is 1.18 bits per heavy atom. The Labute approximate surface area is 103 Å². The summed E-state index contributed by atoms with van der Waals surface area (Å²) in [4.78, 5) is 11.6. The van der Waals surface area contributed by atoms with Crippen LogP contribution in [-0.4, -0.2) is 52.6 Å². The Kier molecular flexibility index (Phi) is 7.96. The molecule has 0 saturated carbocycles. The topological polar surface area (TPSA) is 56.8 Å². The van der Waals surface area contributed by atoms with Crippen molar-refractivity contribution in [1.29, 1.82) is 0 Å². The molecular weight excluding hydrogens is 222 g/mol. The molecule has 1 aliphatic rings. The van der Waals surface area contributed by atoms with E-state index in [2.05, 4.69) is 5.32 Å². The minimum atomic E-state index is -0.0769. The Bertz CT molecular complexity index is 205. The first-order valence-electron chi connectivity index (χ1n) is 6.28. The van der Waals surface area contributed by atoms with Crippen LogP contribution in [0.2, 0.25) is 0 Å². The first-order valence-corrected chi connectivity index (χ1v) is 6.28. The van der Waals surface area contributed by atoms with Gasteiger partial charge < -0.3 is 19.5 Å². The predicted molar refractivity (Wildman–Crippen MR) is 63.9 cm³/mol. The summed E-state index contributed by atoms with van der Waals surface area (Å²) < 4.78 is 15.4. The van der Waals surface area contributed by atoms with E-state index < -0.39 is 0 Å². The van der Waals surface area contributed by atoms with Crippen molar-refractivity contribution in [2.24, 2.45) is 5.92 Å². The Balaban J connectivity index is 1.92. The zero-order chi connectivity index (χ0) is 12.3. The molecule has 0 radical (unpaired) electrons. The average Bonchev–Trinajstić information content (AvgIpc) is 2.38. The smallest absolute Gasteiger partial charge is 0.309 e. The molecule has 0 spiro atoms. The predicted octanol–water partition coefficient (Wildman–Crippen LogP) is 0.582. The molecule has 5 heteroatoms. The maximum Gasteiger partial charge on any atom is 0.309 e. The highest BCUT2D eigenvalue weighted by Crippen LogP contribution is 2.12. The maximum absolute atomic E-state index is 11.6. The van der Waals surface area contributed by atoms with E-state index in [1.807, 2.05) is 0 Å². The van der Waals surface area contributed by atoms with Crippen molar-refractivity contribution in [3.63, 3.8) is 0 Å². The number of carbonyl (C=O) groups excluding carboxylic acids is 1. The van der Waals surface area contributed by atoms with E-state index in [0.29, 0.717) is 26.4 Å². The van der Waals surface area contributed by atoms with Gasteiger partial charge in [-0.25, -0.2) is 0 Å². The van der Waals surface area contributed by atoms with Gasteiger partial charge in [0.15, 0.2) is 0 Å². The zero-order valence-corrected chi connectivity index (χ0v) is 10.6. The lowest BCUT2D eigenvalue weighted by Crippen LogP contribution is -2.33. The first-order chi connectivity index (χ1) is 8.34. The number of piperidine rings is 1. The number of esters is 1. The van der Waals surface area contributed by atoms with Crippen LogP contribution in [0.5, 0.6) is 0 Å². The molecule has 1 fully saturated rings. The van der Waals surface area contributed by atoms with Crippen LogP contribution in [0.15, 0.2) is 0 Å². The van der Waals surface area contributed by atoms with Gasteiger partial charge in [-0.05, 0) is 32.4 Å². The number of ether oxygens (including phenoxy) is 3. The number of nitrogens with one attached hydrogen (secondary N) is 1. The van der Waals surface area contributed by atoms with Crippen LogP contribution in [0.4, 0.5) is 0 Å². The fourth-order valence-electron chi connectivity index (χ4n) is 1.78. The molecule has 0 atom stereocenters. The standard InChI is InChI=1S/C12H23NO4/c1-15-7-2-8-16-9-10-17-12(14)11-3-5-13-6-4-11/h11,13H,2-10H2,1H3. The molecule has 1 heterocycles. The highest BCUT2D eigenvalue weighted by molar-refractivity contribution is 5.72. The molecule has 0 aromatic rings. The summed E-state index contributed by atoms with van der Waals surface area (Å²) in [7, 11) is 1.67. The van der Waals surface area contributed by atoms with Crippen LogP contribution in [0, 0.1) is 5.92 Å². The van der Waals surface area contributed by atoms with Gasteiger partial charge in [0.2, 0.25) is 0 Å². The van der Waals surface area contributed by atoms with Gasteiger partial charge in [-0.15, -0.1) is 0 Å². The fraction of sp³-hybridized carbons (Fsp3) is 0.917. The molecule has 1 saturated heterocycles. The third-order valence-electron chi connectivity index (χ3n) is 2.78. The summed E-state index contributed by atoms with van der Waals surface area (Å²) in [5.74, 6) is -0.00303. The molecule has 1 N–H and O–H groups in total. The second-order valence-electron chi connectivity index (χ2n) is 4.15. The minimum absolute atomic E-state index is 0.0738. The Morgan fingerprint density at radius 2 is 1.94 bits per heavy atom. The summed E-state index contributed by atoms with van der Waals surface area (Å²) in [6, 6.07) is 0. The van der Waals surface area contributed by atoms with Gasteiger partial charge in [0.1, 0.15) is 6.61 Å².